The zero-order chi connectivity index (χ0) is 13.5. The van der Waals surface area contributed by atoms with Crippen molar-refractivity contribution in [1.29, 1.82) is 0 Å². The van der Waals surface area contributed by atoms with E-state index in [1.54, 1.807) is 12.2 Å². The van der Waals surface area contributed by atoms with Crippen molar-refractivity contribution in [2.24, 2.45) is 0 Å². The maximum absolute atomic E-state index is 9.64. The van der Waals surface area contributed by atoms with Gasteiger partial charge in [-0.05, 0) is 6.92 Å². The maximum atomic E-state index is 9.64. The van der Waals surface area contributed by atoms with E-state index in [4.69, 9.17) is 14.6 Å². The lowest BCUT2D eigenvalue weighted by Gasteiger charge is -2.39. The Balaban J connectivity index is 2.49. The van der Waals surface area contributed by atoms with Crippen LogP contribution in [0.3, 0.4) is 0 Å². The van der Waals surface area contributed by atoms with Crippen LogP contribution in [0.15, 0.2) is 24.3 Å². The summed E-state index contributed by atoms with van der Waals surface area (Å²) in [6.45, 7) is 1.61. The van der Waals surface area contributed by atoms with Gasteiger partial charge in [-0.2, -0.15) is 0 Å². The summed E-state index contributed by atoms with van der Waals surface area (Å²) in [5, 5.41) is 37.7. The first-order valence-corrected chi connectivity index (χ1v) is 5.81. The molecule has 1 fully saturated rings. The zero-order valence-corrected chi connectivity index (χ0v) is 10.2. The van der Waals surface area contributed by atoms with Crippen LogP contribution in [0, 0.1) is 0 Å². The summed E-state index contributed by atoms with van der Waals surface area (Å²) in [5.41, 5.74) is 0. The highest BCUT2D eigenvalue weighted by atomic mass is 16.7. The molecular weight excluding hydrogens is 240 g/mol. The zero-order valence-electron chi connectivity index (χ0n) is 10.2. The van der Waals surface area contributed by atoms with Crippen molar-refractivity contribution in [3.63, 3.8) is 0 Å². The molecule has 0 amide bonds. The van der Waals surface area contributed by atoms with Crippen molar-refractivity contribution in [2.45, 2.75) is 37.6 Å². The number of hydrogen-bond donors (Lipinski definition) is 4. The molecule has 0 saturated carbocycles. The highest BCUT2D eigenvalue weighted by Crippen LogP contribution is 2.21. The van der Waals surface area contributed by atoms with Gasteiger partial charge in [0.2, 0.25) is 0 Å². The fourth-order valence-corrected chi connectivity index (χ4v) is 1.60. The Morgan fingerprint density at radius 1 is 1.11 bits per heavy atom. The lowest BCUT2D eigenvalue weighted by Crippen LogP contribution is -2.59. The van der Waals surface area contributed by atoms with E-state index in [2.05, 4.69) is 0 Å². The molecule has 0 radical (unpaired) electrons. The Morgan fingerprint density at radius 2 is 1.83 bits per heavy atom. The molecule has 5 atom stereocenters. The van der Waals surface area contributed by atoms with Gasteiger partial charge in [-0.3, -0.25) is 0 Å². The van der Waals surface area contributed by atoms with E-state index < -0.39 is 37.3 Å². The van der Waals surface area contributed by atoms with E-state index in [1.165, 1.54) is 0 Å². The van der Waals surface area contributed by atoms with E-state index in [9.17, 15) is 15.3 Å². The first kappa shape index (κ1) is 15.3. The minimum Gasteiger partial charge on any atom is -0.394 e. The highest BCUT2D eigenvalue weighted by molar-refractivity contribution is 5.01. The molecule has 0 spiro atoms. The van der Waals surface area contributed by atoms with Crippen molar-refractivity contribution in [3.05, 3.63) is 24.3 Å². The first-order chi connectivity index (χ1) is 8.61. The second-order valence-corrected chi connectivity index (χ2v) is 3.98. The van der Waals surface area contributed by atoms with Gasteiger partial charge in [0.1, 0.15) is 24.4 Å². The number of aliphatic hydroxyl groups excluding tert-OH is 4. The van der Waals surface area contributed by atoms with Crippen molar-refractivity contribution in [3.8, 4) is 0 Å². The topological polar surface area (TPSA) is 99.4 Å². The maximum Gasteiger partial charge on any atom is 0.187 e. The van der Waals surface area contributed by atoms with Crippen LogP contribution in [0.2, 0.25) is 0 Å². The number of allylic oxidation sites excluding steroid dienone is 3. The van der Waals surface area contributed by atoms with Crippen molar-refractivity contribution in [1.82, 2.24) is 0 Å². The molecule has 0 aromatic rings. The van der Waals surface area contributed by atoms with Crippen molar-refractivity contribution in [2.75, 3.05) is 13.2 Å². The number of hydrogen-bond acceptors (Lipinski definition) is 6. The lowest BCUT2D eigenvalue weighted by atomic mass is 9.99. The van der Waals surface area contributed by atoms with E-state index in [0.29, 0.717) is 0 Å². The fraction of sp³-hybridized carbons (Fsp3) is 0.667. The van der Waals surface area contributed by atoms with Crippen molar-refractivity contribution >= 4 is 0 Å². The van der Waals surface area contributed by atoms with Gasteiger partial charge in [0.05, 0.1) is 13.2 Å². The summed E-state index contributed by atoms with van der Waals surface area (Å²) < 4.78 is 10.4. The van der Waals surface area contributed by atoms with E-state index in [1.807, 2.05) is 19.1 Å². The van der Waals surface area contributed by atoms with Crippen molar-refractivity contribution < 1.29 is 29.9 Å². The summed E-state index contributed by atoms with van der Waals surface area (Å²) in [5.74, 6) is 0. The molecule has 0 unspecified atom stereocenters. The minimum absolute atomic E-state index is 0.188. The van der Waals surface area contributed by atoms with Crippen LogP contribution in [0.1, 0.15) is 6.92 Å². The monoisotopic (exact) mass is 260 g/mol. The minimum atomic E-state index is -1.40. The molecule has 1 rings (SSSR count). The molecule has 1 aliphatic rings. The van der Waals surface area contributed by atoms with Gasteiger partial charge in [0.25, 0.3) is 0 Å². The molecule has 0 bridgehead atoms. The molecule has 0 aliphatic carbocycles. The summed E-state index contributed by atoms with van der Waals surface area (Å²) in [6, 6.07) is 0. The lowest BCUT2D eigenvalue weighted by molar-refractivity contribution is -0.298. The molecule has 6 nitrogen and oxygen atoms in total. The van der Waals surface area contributed by atoms with E-state index >= 15 is 0 Å². The SMILES string of the molecule is CC=CC=CCO[C@H]1O[C@H](CO)[C@@H](O)[C@H](O)[C@H]1O. The molecule has 1 heterocycles. The third-order valence-electron chi connectivity index (χ3n) is 2.64. The quantitative estimate of drug-likeness (QED) is 0.470. The second-order valence-electron chi connectivity index (χ2n) is 3.98. The van der Waals surface area contributed by atoms with Gasteiger partial charge in [-0.15, -0.1) is 0 Å². The third kappa shape index (κ3) is 3.88. The van der Waals surface area contributed by atoms with Crippen LogP contribution < -0.4 is 0 Å². The van der Waals surface area contributed by atoms with Crippen LogP contribution in [0.5, 0.6) is 0 Å². The smallest absolute Gasteiger partial charge is 0.187 e. The molecule has 0 aromatic carbocycles. The van der Waals surface area contributed by atoms with Gasteiger partial charge in [0.15, 0.2) is 6.29 Å². The van der Waals surface area contributed by atoms with Crippen LogP contribution in [0.4, 0.5) is 0 Å². The van der Waals surface area contributed by atoms with Crippen LogP contribution >= 0.6 is 0 Å². The summed E-state index contributed by atoms with van der Waals surface area (Å²) in [7, 11) is 0. The van der Waals surface area contributed by atoms with Crippen LogP contribution in [-0.2, 0) is 9.47 Å². The third-order valence-corrected chi connectivity index (χ3v) is 2.64. The average molecular weight is 260 g/mol. The second kappa shape index (κ2) is 7.63. The molecule has 104 valence electrons. The van der Waals surface area contributed by atoms with Gasteiger partial charge in [-0.1, -0.05) is 24.3 Å². The number of rotatable bonds is 5. The van der Waals surface area contributed by atoms with E-state index in [-0.39, 0.29) is 6.61 Å². The Labute approximate surface area is 106 Å². The molecule has 0 aromatic heterocycles. The van der Waals surface area contributed by atoms with E-state index in [0.717, 1.165) is 0 Å². The average Bonchev–Trinajstić information content (AvgIpc) is 2.38. The Kier molecular flexibility index (Phi) is 6.48. The van der Waals surface area contributed by atoms with Crippen LogP contribution in [-0.4, -0.2) is 64.3 Å². The Hall–Kier alpha value is -0.760. The van der Waals surface area contributed by atoms with Gasteiger partial charge >= 0.3 is 0 Å². The standard InChI is InChI=1S/C12H20O6/c1-2-3-4-5-6-17-12-11(16)10(15)9(14)8(7-13)18-12/h2-5,8-16H,6-7H2,1H3/t8-,9-,10+,11-,12+/m1/s1. The van der Waals surface area contributed by atoms with Gasteiger partial charge < -0.3 is 29.9 Å². The Bertz CT molecular complexity index is 288. The molecule has 1 aliphatic heterocycles. The molecular formula is C12H20O6. The molecule has 18 heavy (non-hydrogen) atoms. The largest absolute Gasteiger partial charge is 0.394 e. The molecule has 6 heteroatoms. The Morgan fingerprint density at radius 3 is 2.44 bits per heavy atom. The number of aliphatic hydroxyl groups is 4. The van der Waals surface area contributed by atoms with Gasteiger partial charge in [-0.25, -0.2) is 0 Å². The predicted octanol–water partition coefficient (Wildman–Crippen LogP) is -1.06. The predicted molar refractivity (Wildman–Crippen MR) is 63.7 cm³/mol. The first-order valence-electron chi connectivity index (χ1n) is 5.81. The van der Waals surface area contributed by atoms with Gasteiger partial charge in [0, 0.05) is 0 Å². The summed E-state index contributed by atoms with van der Waals surface area (Å²) >= 11 is 0. The number of ether oxygens (including phenoxy) is 2. The van der Waals surface area contributed by atoms with Crippen LogP contribution in [0.25, 0.3) is 0 Å². The summed E-state index contributed by atoms with van der Waals surface area (Å²) in [6.07, 6.45) is 1.03. The molecule has 4 N–H and O–H groups in total. The molecule has 1 saturated heterocycles. The highest BCUT2D eigenvalue weighted by Gasteiger charge is 2.43. The summed E-state index contributed by atoms with van der Waals surface area (Å²) in [4.78, 5) is 0. The fourth-order valence-electron chi connectivity index (χ4n) is 1.60. The normalized spacial score (nSPS) is 37.7.